The summed E-state index contributed by atoms with van der Waals surface area (Å²) in [5.74, 6) is 5.46. The maximum atomic E-state index is 13.2. The van der Waals surface area contributed by atoms with Gasteiger partial charge < -0.3 is 5.73 Å². The zero-order valence-corrected chi connectivity index (χ0v) is 10.2. The van der Waals surface area contributed by atoms with E-state index >= 15 is 0 Å². The Morgan fingerprint density at radius 3 is 2.78 bits per heavy atom. The smallest absolute Gasteiger partial charge is 0.128 e. The summed E-state index contributed by atoms with van der Waals surface area (Å²) in [6.07, 6.45) is 1.44. The normalized spacial score (nSPS) is 12.4. The Hall–Kier alpha value is -1.69. The first-order valence-corrected chi connectivity index (χ1v) is 5.62. The molecule has 0 aliphatic rings. The van der Waals surface area contributed by atoms with Crippen molar-refractivity contribution >= 4 is 17.4 Å². The fraction of sp³-hybridized carbons (Fsp3) is 0.0833. The number of benzene rings is 1. The van der Waals surface area contributed by atoms with Crippen LogP contribution >= 0.6 is 11.6 Å². The number of aromatic nitrogens is 1. The van der Waals surface area contributed by atoms with Crippen molar-refractivity contribution in [1.82, 2.24) is 10.4 Å². The van der Waals surface area contributed by atoms with Gasteiger partial charge in [0.1, 0.15) is 11.6 Å². The van der Waals surface area contributed by atoms with E-state index in [-0.39, 0.29) is 5.82 Å². The standard InChI is InChI=1S/C12H12ClFN4/c13-8-5-10(12(15)17-6-8)11(18-16)7-2-1-3-9(14)4-7/h1-6,11,18H,16H2,(H2,15,17). The molecule has 1 aromatic carbocycles. The number of halogens is 2. The van der Waals surface area contributed by atoms with Crippen molar-refractivity contribution in [2.75, 3.05) is 5.73 Å². The third-order valence-corrected chi connectivity index (χ3v) is 2.78. The van der Waals surface area contributed by atoms with E-state index in [0.717, 1.165) is 0 Å². The van der Waals surface area contributed by atoms with Gasteiger partial charge in [-0.2, -0.15) is 0 Å². The van der Waals surface area contributed by atoms with E-state index in [9.17, 15) is 4.39 Å². The van der Waals surface area contributed by atoms with Crippen LogP contribution in [0.1, 0.15) is 17.2 Å². The number of hydrogen-bond donors (Lipinski definition) is 3. The predicted octanol–water partition coefficient (Wildman–Crippen LogP) is 2.01. The molecule has 0 aliphatic carbocycles. The van der Waals surface area contributed by atoms with Gasteiger partial charge in [0.25, 0.3) is 0 Å². The van der Waals surface area contributed by atoms with Crippen molar-refractivity contribution in [2.24, 2.45) is 5.84 Å². The van der Waals surface area contributed by atoms with Crippen molar-refractivity contribution in [3.8, 4) is 0 Å². The minimum atomic E-state index is -0.466. The Morgan fingerprint density at radius 2 is 2.11 bits per heavy atom. The van der Waals surface area contributed by atoms with Gasteiger partial charge in [-0.1, -0.05) is 23.7 Å². The summed E-state index contributed by atoms with van der Waals surface area (Å²) < 4.78 is 13.2. The van der Waals surface area contributed by atoms with Crippen LogP contribution in [0.15, 0.2) is 36.5 Å². The molecule has 0 amide bonds. The first kappa shape index (κ1) is 12.8. The van der Waals surface area contributed by atoms with Crippen molar-refractivity contribution in [3.63, 3.8) is 0 Å². The van der Waals surface area contributed by atoms with E-state index in [1.807, 2.05) is 0 Å². The zero-order valence-electron chi connectivity index (χ0n) is 9.40. The Morgan fingerprint density at radius 1 is 1.33 bits per heavy atom. The van der Waals surface area contributed by atoms with Gasteiger partial charge in [0.2, 0.25) is 0 Å². The van der Waals surface area contributed by atoms with E-state index in [1.165, 1.54) is 18.3 Å². The number of hydrogen-bond acceptors (Lipinski definition) is 4. The Labute approximate surface area is 109 Å². The number of nitrogen functional groups attached to an aromatic ring is 1. The molecule has 2 rings (SSSR count). The summed E-state index contributed by atoms with van der Waals surface area (Å²) in [6, 6.07) is 7.27. The van der Waals surface area contributed by atoms with Gasteiger partial charge in [0.15, 0.2) is 0 Å². The molecule has 1 atom stereocenters. The van der Waals surface area contributed by atoms with E-state index < -0.39 is 6.04 Å². The zero-order chi connectivity index (χ0) is 13.1. The third-order valence-electron chi connectivity index (χ3n) is 2.58. The number of nitrogens with two attached hydrogens (primary N) is 2. The van der Waals surface area contributed by atoms with E-state index in [2.05, 4.69) is 10.4 Å². The minimum absolute atomic E-state index is 0.298. The van der Waals surface area contributed by atoms with Crippen molar-refractivity contribution < 1.29 is 4.39 Å². The maximum Gasteiger partial charge on any atom is 0.128 e. The molecule has 1 aromatic heterocycles. The summed E-state index contributed by atoms with van der Waals surface area (Å²) >= 11 is 5.88. The molecule has 0 saturated heterocycles. The average Bonchev–Trinajstić information content (AvgIpc) is 2.35. The van der Waals surface area contributed by atoms with Crippen molar-refractivity contribution in [2.45, 2.75) is 6.04 Å². The van der Waals surface area contributed by atoms with Crippen LogP contribution in [0.25, 0.3) is 0 Å². The van der Waals surface area contributed by atoms with E-state index in [1.54, 1.807) is 18.2 Å². The van der Waals surface area contributed by atoms with Gasteiger partial charge in [0.05, 0.1) is 11.1 Å². The molecule has 94 valence electrons. The summed E-state index contributed by atoms with van der Waals surface area (Å²) in [4.78, 5) is 3.95. The number of pyridine rings is 1. The molecule has 0 saturated carbocycles. The largest absolute Gasteiger partial charge is 0.383 e. The molecule has 0 radical (unpaired) electrons. The highest BCUT2D eigenvalue weighted by Crippen LogP contribution is 2.27. The quantitative estimate of drug-likeness (QED) is 0.587. The molecular weight excluding hydrogens is 255 g/mol. The molecule has 18 heavy (non-hydrogen) atoms. The Balaban J connectivity index is 2.48. The number of rotatable bonds is 3. The summed E-state index contributed by atoms with van der Waals surface area (Å²) in [6.45, 7) is 0. The molecule has 4 nitrogen and oxygen atoms in total. The monoisotopic (exact) mass is 266 g/mol. The fourth-order valence-electron chi connectivity index (χ4n) is 1.75. The maximum absolute atomic E-state index is 13.2. The molecule has 6 heteroatoms. The highest BCUT2D eigenvalue weighted by molar-refractivity contribution is 6.30. The molecule has 0 bridgehead atoms. The van der Waals surface area contributed by atoms with Gasteiger partial charge in [-0.3, -0.25) is 5.84 Å². The predicted molar refractivity (Wildman–Crippen MR) is 69.2 cm³/mol. The average molecular weight is 267 g/mol. The number of anilines is 1. The van der Waals surface area contributed by atoms with Crippen molar-refractivity contribution in [1.29, 1.82) is 0 Å². The summed E-state index contributed by atoms with van der Waals surface area (Å²) in [5, 5.41) is 0.441. The van der Waals surface area contributed by atoms with Crippen LogP contribution in [0.2, 0.25) is 5.02 Å². The fourth-order valence-corrected chi connectivity index (χ4v) is 1.91. The number of nitrogens with one attached hydrogen (secondary N) is 1. The van der Waals surface area contributed by atoms with Crippen LogP contribution in [0.5, 0.6) is 0 Å². The van der Waals surface area contributed by atoms with Crippen LogP contribution in [0.4, 0.5) is 10.2 Å². The van der Waals surface area contributed by atoms with Gasteiger partial charge in [-0.05, 0) is 23.8 Å². The van der Waals surface area contributed by atoms with Gasteiger partial charge in [-0.15, -0.1) is 0 Å². The highest BCUT2D eigenvalue weighted by Gasteiger charge is 2.17. The lowest BCUT2D eigenvalue weighted by atomic mass is 10.00. The van der Waals surface area contributed by atoms with E-state index in [4.69, 9.17) is 23.2 Å². The molecular formula is C12H12ClFN4. The second-order valence-corrected chi connectivity index (χ2v) is 4.22. The molecule has 0 spiro atoms. The summed E-state index contributed by atoms with van der Waals surface area (Å²) in [7, 11) is 0. The molecule has 5 N–H and O–H groups in total. The van der Waals surface area contributed by atoms with Gasteiger partial charge in [0, 0.05) is 11.8 Å². The molecule has 1 unspecified atom stereocenters. The second kappa shape index (κ2) is 5.30. The number of nitrogens with zero attached hydrogens (tertiary/aromatic N) is 1. The van der Waals surface area contributed by atoms with Gasteiger partial charge in [-0.25, -0.2) is 14.8 Å². The van der Waals surface area contributed by atoms with Crippen LogP contribution in [-0.2, 0) is 0 Å². The Kier molecular flexibility index (Phi) is 3.76. The number of hydrazine groups is 1. The molecule has 0 fully saturated rings. The highest BCUT2D eigenvalue weighted by atomic mass is 35.5. The SMILES string of the molecule is NNC(c1cccc(F)c1)c1cc(Cl)cnc1N. The molecule has 1 heterocycles. The lowest BCUT2D eigenvalue weighted by Crippen LogP contribution is -2.29. The van der Waals surface area contributed by atoms with E-state index in [0.29, 0.717) is 22.0 Å². The molecule has 0 aliphatic heterocycles. The lowest BCUT2D eigenvalue weighted by Gasteiger charge is -2.18. The minimum Gasteiger partial charge on any atom is -0.383 e. The third kappa shape index (κ3) is 2.59. The lowest BCUT2D eigenvalue weighted by molar-refractivity contribution is 0.605. The van der Waals surface area contributed by atoms with Crippen LogP contribution in [0, 0.1) is 5.82 Å². The first-order valence-electron chi connectivity index (χ1n) is 5.24. The van der Waals surface area contributed by atoms with Crippen LogP contribution in [0.3, 0.4) is 0 Å². The van der Waals surface area contributed by atoms with Crippen molar-refractivity contribution in [3.05, 3.63) is 58.5 Å². The van der Waals surface area contributed by atoms with Crippen LogP contribution in [-0.4, -0.2) is 4.98 Å². The Bertz CT molecular complexity index is 562. The van der Waals surface area contributed by atoms with Gasteiger partial charge >= 0.3 is 0 Å². The topological polar surface area (TPSA) is 77.0 Å². The second-order valence-electron chi connectivity index (χ2n) is 3.78. The molecule has 2 aromatic rings. The summed E-state index contributed by atoms with van der Waals surface area (Å²) in [5.41, 5.74) is 9.62. The van der Waals surface area contributed by atoms with Crippen LogP contribution < -0.4 is 17.0 Å². The first-order chi connectivity index (χ1) is 8.61.